The molecule has 0 saturated heterocycles. The molecule has 1 unspecified atom stereocenters. The average Bonchev–Trinajstić information content (AvgIpc) is 3.01. The first-order valence-electron chi connectivity index (χ1n) is 8.73. The van der Waals surface area contributed by atoms with Gasteiger partial charge in [0.1, 0.15) is 0 Å². The quantitative estimate of drug-likeness (QED) is 0.651. The molecule has 24 heavy (non-hydrogen) atoms. The standard InChI is InChI=1S/C20H27ClN2O/c1-4-9-20(24)23(16(3)5-2)15-18-11-8-13-22(18)14-17-10-6-7-12-19(17)21/h6-8,10-13,16H,4-5,9,14-15H2,1-3H3. The van der Waals surface area contributed by atoms with Gasteiger partial charge < -0.3 is 9.47 Å². The van der Waals surface area contributed by atoms with Crippen molar-refractivity contribution < 1.29 is 4.79 Å². The lowest BCUT2D eigenvalue weighted by molar-refractivity contribution is -0.134. The van der Waals surface area contributed by atoms with E-state index in [-0.39, 0.29) is 11.9 Å². The van der Waals surface area contributed by atoms with Crippen molar-refractivity contribution in [1.82, 2.24) is 9.47 Å². The van der Waals surface area contributed by atoms with E-state index < -0.39 is 0 Å². The molecule has 3 nitrogen and oxygen atoms in total. The van der Waals surface area contributed by atoms with E-state index in [1.165, 1.54) is 0 Å². The number of carbonyl (C=O) groups excluding carboxylic acids is 1. The predicted molar refractivity (Wildman–Crippen MR) is 100 cm³/mol. The SMILES string of the molecule is CCCC(=O)N(Cc1cccn1Cc1ccccc1Cl)C(C)CC. The van der Waals surface area contributed by atoms with Gasteiger partial charge in [-0.15, -0.1) is 0 Å². The van der Waals surface area contributed by atoms with E-state index in [0.29, 0.717) is 13.0 Å². The highest BCUT2D eigenvalue weighted by molar-refractivity contribution is 6.31. The normalized spacial score (nSPS) is 12.2. The lowest BCUT2D eigenvalue weighted by Crippen LogP contribution is -2.38. The van der Waals surface area contributed by atoms with Gasteiger partial charge in [0.25, 0.3) is 0 Å². The Morgan fingerprint density at radius 2 is 1.96 bits per heavy atom. The Morgan fingerprint density at radius 1 is 1.21 bits per heavy atom. The summed E-state index contributed by atoms with van der Waals surface area (Å²) in [6, 6.07) is 12.3. The maximum absolute atomic E-state index is 12.5. The van der Waals surface area contributed by atoms with Crippen LogP contribution in [-0.4, -0.2) is 21.4 Å². The lowest BCUT2D eigenvalue weighted by Gasteiger charge is -2.29. The van der Waals surface area contributed by atoms with E-state index in [0.717, 1.165) is 35.7 Å². The summed E-state index contributed by atoms with van der Waals surface area (Å²) in [5.74, 6) is 0.234. The van der Waals surface area contributed by atoms with Gasteiger partial charge in [-0.25, -0.2) is 0 Å². The molecular weight excluding hydrogens is 320 g/mol. The summed E-state index contributed by atoms with van der Waals surface area (Å²) >= 11 is 6.29. The van der Waals surface area contributed by atoms with E-state index in [4.69, 9.17) is 11.6 Å². The monoisotopic (exact) mass is 346 g/mol. The van der Waals surface area contributed by atoms with Crippen LogP contribution in [0.4, 0.5) is 0 Å². The molecule has 0 fully saturated rings. The highest BCUT2D eigenvalue weighted by atomic mass is 35.5. The summed E-state index contributed by atoms with van der Waals surface area (Å²) < 4.78 is 2.18. The molecule has 2 rings (SSSR count). The van der Waals surface area contributed by atoms with Gasteiger partial charge in [0, 0.05) is 35.9 Å². The van der Waals surface area contributed by atoms with Gasteiger partial charge in [-0.1, -0.05) is 43.6 Å². The Bertz CT molecular complexity index is 665. The molecule has 1 heterocycles. The summed E-state index contributed by atoms with van der Waals surface area (Å²) in [5, 5.41) is 0.776. The number of hydrogen-bond acceptors (Lipinski definition) is 1. The minimum Gasteiger partial charge on any atom is -0.345 e. The van der Waals surface area contributed by atoms with Crippen LogP contribution >= 0.6 is 11.6 Å². The minimum atomic E-state index is 0.234. The molecule has 0 bridgehead atoms. The molecule has 0 saturated carbocycles. The third-order valence-corrected chi connectivity index (χ3v) is 4.83. The zero-order valence-corrected chi connectivity index (χ0v) is 15.6. The van der Waals surface area contributed by atoms with Crippen LogP contribution in [0, 0.1) is 0 Å². The number of amides is 1. The fraction of sp³-hybridized carbons (Fsp3) is 0.450. The zero-order valence-electron chi connectivity index (χ0n) is 14.8. The summed E-state index contributed by atoms with van der Waals surface area (Å²) in [4.78, 5) is 14.5. The third kappa shape index (κ3) is 4.64. The fourth-order valence-electron chi connectivity index (χ4n) is 2.80. The van der Waals surface area contributed by atoms with Crippen LogP contribution in [0.1, 0.15) is 51.3 Å². The molecule has 0 aliphatic rings. The van der Waals surface area contributed by atoms with E-state index >= 15 is 0 Å². The molecule has 1 amide bonds. The highest BCUT2D eigenvalue weighted by Crippen LogP contribution is 2.19. The van der Waals surface area contributed by atoms with Crippen LogP contribution in [-0.2, 0) is 17.9 Å². The molecule has 0 aliphatic carbocycles. The van der Waals surface area contributed by atoms with Crippen LogP contribution in [0.3, 0.4) is 0 Å². The van der Waals surface area contributed by atoms with Gasteiger partial charge in [-0.3, -0.25) is 4.79 Å². The Hall–Kier alpha value is -1.74. The molecule has 2 aromatic rings. The largest absolute Gasteiger partial charge is 0.345 e. The van der Waals surface area contributed by atoms with Gasteiger partial charge >= 0.3 is 0 Å². The van der Waals surface area contributed by atoms with Crippen LogP contribution in [0.2, 0.25) is 5.02 Å². The second-order valence-corrected chi connectivity index (χ2v) is 6.65. The van der Waals surface area contributed by atoms with E-state index in [1.54, 1.807) is 0 Å². The number of aromatic nitrogens is 1. The first-order valence-corrected chi connectivity index (χ1v) is 9.11. The topological polar surface area (TPSA) is 25.2 Å². The summed E-state index contributed by atoms with van der Waals surface area (Å²) in [6.07, 6.45) is 4.50. The molecule has 0 aliphatic heterocycles. The van der Waals surface area contributed by atoms with Crippen LogP contribution < -0.4 is 0 Å². The first-order chi connectivity index (χ1) is 11.6. The first kappa shape index (κ1) is 18.6. The molecule has 4 heteroatoms. The second kappa shape index (κ2) is 8.93. The molecule has 0 radical (unpaired) electrons. The van der Waals surface area contributed by atoms with Gasteiger partial charge in [-0.2, -0.15) is 0 Å². The Labute approximate surface area is 150 Å². The Morgan fingerprint density at radius 3 is 2.62 bits per heavy atom. The fourth-order valence-corrected chi connectivity index (χ4v) is 3.00. The van der Waals surface area contributed by atoms with Gasteiger partial charge in [0.05, 0.1) is 6.54 Å². The molecule has 1 atom stereocenters. The van der Waals surface area contributed by atoms with Crippen LogP contribution in [0.15, 0.2) is 42.6 Å². The predicted octanol–water partition coefficient (Wildman–Crippen LogP) is 5.12. The maximum atomic E-state index is 12.5. The average molecular weight is 347 g/mol. The van der Waals surface area contributed by atoms with Crippen molar-refractivity contribution in [2.45, 2.75) is 59.2 Å². The van der Waals surface area contributed by atoms with Crippen molar-refractivity contribution in [3.8, 4) is 0 Å². The van der Waals surface area contributed by atoms with Gasteiger partial charge in [0.2, 0.25) is 5.91 Å². The molecule has 0 spiro atoms. The van der Waals surface area contributed by atoms with Crippen molar-refractivity contribution in [2.24, 2.45) is 0 Å². The van der Waals surface area contributed by atoms with Crippen LogP contribution in [0.5, 0.6) is 0 Å². The summed E-state index contributed by atoms with van der Waals surface area (Å²) in [6.45, 7) is 7.66. The highest BCUT2D eigenvalue weighted by Gasteiger charge is 2.19. The van der Waals surface area contributed by atoms with Crippen molar-refractivity contribution in [3.05, 3.63) is 58.9 Å². The summed E-state index contributed by atoms with van der Waals surface area (Å²) in [5.41, 5.74) is 2.23. The Kier molecular flexibility index (Phi) is 6.92. The van der Waals surface area contributed by atoms with Crippen molar-refractivity contribution in [1.29, 1.82) is 0 Å². The minimum absolute atomic E-state index is 0.234. The molecule has 0 N–H and O–H groups in total. The number of nitrogens with zero attached hydrogens (tertiary/aromatic N) is 2. The molecular formula is C20H27ClN2O. The van der Waals surface area contributed by atoms with Gasteiger partial charge in [-0.05, 0) is 43.5 Å². The second-order valence-electron chi connectivity index (χ2n) is 6.25. The van der Waals surface area contributed by atoms with Crippen molar-refractivity contribution in [2.75, 3.05) is 0 Å². The smallest absolute Gasteiger partial charge is 0.223 e. The zero-order chi connectivity index (χ0) is 17.5. The number of carbonyl (C=O) groups is 1. The lowest BCUT2D eigenvalue weighted by atomic mass is 10.1. The number of rotatable bonds is 8. The molecule has 130 valence electrons. The Balaban J connectivity index is 2.18. The molecule has 1 aromatic heterocycles. The van der Waals surface area contributed by atoms with Crippen molar-refractivity contribution in [3.63, 3.8) is 0 Å². The number of hydrogen-bond donors (Lipinski definition) is 0. The number of benzene rings is 1. The van der Waals surface area contributed by atoms with E-state index in [2.05, 4.69) is 30.7 Å². The third-order valence-electron chi connectivity index (χ3n) is 4.46. The van der Waals surface area contributed by atoms with Gasteiger partial charge in [0.15, 0.2) is 0 Å². The maximum Gasteiger partial charge on any atom is 0.223 e. The van der Waals surface area contributed by atoms with E-state index in [9.17, 15) is 4.79 Å². The number of halogens is 1. The van der Waals surface area contributed by atoms with Crippen molar-refractivity contribution >= 4 is 17.5 Å². The molecule has 1 aromatic carbocycles. The summed E-state index contributed by atoms with van der Waals surface area (Å²) in [7, 11) is 0. The van der Waals surface area contributed by atoms with Crippen LogP contribution in [0.25, 0.3) is 0 Å². The van der Waals surface area contributed by atoms with E-state index in [1.807, 2.05) is 42.2 Å².